The van der Waals surface area contributed by atoms with Crippen LogP contribution >= 0.6 is 0 Å². The minimum atomic E-state index is -0.606. The summed E-state index contributed by atoms with van der Waals surface area (Å²) in [6, 6.07) is 3.07. The van der Waals surface area contributed by atoms with Crippen LogP contribution in [-0.2, 0) is 16.1 Å². The SMILES string of the molecule is CCOC(=O)C1CN1Cc1ccc(C(N)=O)nc1OC. The molecule has 7 heteroatoms. The van der Waals surface area contributed by atoms with Crippen LogP contribution in [0.15, 0.2) is 12.1 Å². The maximum absolute atomic E-state index is 11.5. The minimum absolute atomic E-state index is 0.151. The molecule has 1 fully saturated rings. The van der Waals surface area contributed by atoms with Gasteiger partial charge < -0.3 is 15.2 Å². The molecular weight excluding hydrogens is 262 g/mol. The van der Waals surface area contributed by atoms with Crippen molar-refractivity contribution in [2.45, 2.75) is 19.5 Å². The molecule has 0 aliphatic carbocycles. The van der Waals surface area contributed by atoms with E-state index >= 15 is 0 Å². The van der Waals surface area contributed by atoms with Crippen LogP contribution in [0.4, 0.5) is 0 Å². The third-order valence-electron chi connectivity index (χ3n) is 3.03. The van der Waals surface area contributed by atoms with E-state index in [0.717, 1.165) is 5.56 Å². The first-order valence-electron chi connectivity index (χ1n) is 6.31. The van der Waals surface area contributed by atoms with Crippen molar-refractivity contribution in [1.82, 2.24) is 9.88 Å². The minimum Gasteiger partial charge on any atom is -0.481 e. The van der Waals surface area contributed by atoms with Gasteiger partial charge in [0, 0.05) is 18.7 Å². The molecule has 0 aromatic carbocycles. The first-order valence-corrected chi connectivity index (χ1v) is 6.31. The second-order valence-corrected chi connectivity index (χ2v) is 4.43. The fourth-order valence-corrected chi connectivity index (χ4v) is 1.93. The second kappa shape index (κ2) is 5.87. The van der Waals surface area contributed by atoms with Crippen LogP contribution in [0.1, 0.15) is 23.0 Å². The van der Waals surface area contributed by atoms with E-state index in [1.165, 1.54) is 7.11 Å². The molecule has 20 heavy (non-hydrogen) atoms. The zero-order chi connectivity index (χ0) is 14.7. The van der Waals surface area contributed by atoms with Gasteiger partial charge in [0.05, 0.1) is 13.7 Å². The Labute approximate surface area is 116 Å². The summed E-state index contributed by atoms with van der Waals surface area (Å²) in [5, 5.41) is 0. The van der Waals surface area contributed by atoms with Gasteiger partial charge in [0.1, 0.15) is 11.7 Å². The van der Waals surface area contributed by atoms with Gasteiger partial charge >= 0.3 is 5.97 Å². The summed E-state index contributed by atoms with van der Waals surface area (Å²) in [6.45, 7) is 3.32. The van der Waals surface area contributed by atoms with Gasteiger partial charge in [-0.2, -0.15) is 0 Å². The van der Waals surface area contributed by atoms with Gasteiger partial charge in [-0.3, -0.25) is 14.5 Å². The lowest BCUT2D eigenvalue weighted by Gasteiger charge is -2.09. The van der Waals surface area contributed by atoms with E-state index in [9.17, 15) is 9.59 Å². The molecule has 7 nitrogen and oxygen atoms in total. The van der Waals surface area contributed by atoms with Crippen molar-refractivity contribution in [3.8, 4) is 5.88 Å². The Kier molecular flexibility index (Phi) is 4.19. The molecule has 1 saturated heterocycles. The van der Waals surface area contributed by atoms with Crippen molar-refractivity contribution >= 4 is 11.9 Å². The number of nitrogens with zero attached hydrogens (tertiary/aromatic N) is 2. The lowest BCUT2D eigenvalue weighted by atomic mass is 10.2. The zero-order valence-corrected chi connectivity index (χ0v) is 11.5. The van der Waals surface area contributed by atoms with E-state index in [1.54, 1.807) is 19.1 Å². The van der Waals surface area contributed by atoms with Crippen molar-refractivity contribution in [2.24, 2.45) is 5.73 Å². The summed E-state index contributed by atoms with van der Waals surface area (Å²) in [5.41, 5.74) is 6.11. The fraction of sp³-hybridized carbons (Fsp3) is 0.462. The average molecular weight is 279 g/mol. The van der Waals surface area contributed by atoms with Crippen LogP contribution in [0.2, 0.25) is 0 Å². The zero-order valence-electron chi connectivity index (χ0n) is 11.5. The van der Waals surface area contributed by atoms with E-state index in [4.69, 9.17) is 15.2 Å². The number of carbonyl (C=O) groups is 2. The maximum atomic E-state index is 11.5. The van der Waals surface area contributed by atoms with Crippen LogP contribution < -0.4 is 10.5 Å². The standard InChI is InChI=1S/C13H17N3O4/c1-3-20-13(18)10-7-16(10)6-8-4-5-9(11(14)17)15-12(8)19-2/h4-5,10H,3,6-7H2,1-2H3,(H2,14,17). The molecule has 2 N–H and O–H groups in total. The van der Waals surface area contributed by atoms with E-state index in [-0.39, 0.29) is 17.7 Å². The summed E-state index contributed by atoms with van der Waals surface area (Å²) in [5.74, 6) is -0.477. The monoisotopic (exact) mass is 279 g/mol. The molecule has 1 aromatic heterocycles. The van der Waals surface area contributed by atoms with E-state index in [2.05, 4.69) is 4.98 Å². The molecule has 1 amide bonds. The average Bonchev–Trinajstić information content (AvgIpc) is 3.18. The molecule has 108 valence electrons. The van der Waals surface area contributed by atoms with Crippen LogP contribution in [0.25, 0.3) is 0 Å². The van der Waals surface area contributed by atoms with E-state index < -0.39 is 5.91 Å². The third kappa shape index (κ3) is 3.05. The maximum Gasteiger partial charge on any atom is 0.324 e. The Balaban J connectivity index is 2.04. The van der Waals surface area contributed by atoms with Crippen molar-refractivity contribution < 1.29 is 19.1 Å². The van der Waals surface area contributed by atoms with Crippen molar-refractivity contribution in [3.63, 3.8) is 0 Å². The number of rotatable bonds is 6. The summed E-state index contributed by atoms with van der Waals surface area (Å²) in [4.78, 5) is 28.6. The van der Waals surface area contributed by atoms with Crippen LogP contribution in [0.3, 0.4) is 0 Å². The summed E-state index contributed by atoms with van der Waals surface area (Å²) in [7, 11) is 1.47. The molecule has 0 spiro atoms. The molecule has 2 rings (SSSR count). The predicted molar refractivity (Wildman–Crippen MR) is 70.1 cm³/mol. The number of amides is 1. The molecule has 2 atom stereocenters. The van der Waals surface area contributed by atoms with Gasteiger partial charge in [-0.15, -0.1) is 0 Å². The molecule has 0 bridgehead atoms. The first-order chi connectivity index (χ1) is 9.56. The molecule has 1 aromatic rings. The smallest absolute Gasteiger partial charge is 0.324 e. The van der Waals surface area contributed by atoms with Gasteiger partial charge in [0.15, 0.2) is 0 Å². The van der Waals surface area contributed by atoms with Gasteiger partial charge in [0.25, 0.3) is 5.91 Å². The lowest BCUT2D eigenvalue weighted by molar-refractivity contribution is -0.143. The topological polar surface area (TPSA) is 94.5 Å². The largest absolute Gasteiger partial charge is 0.481 e. The second-order valence-electron chi connectivity index (χ2n) is 4.43. The van der Waals surface area contributed by atoms with Crippen LogP contribution in [0.5, 0.6) is 5.88 Å². The van der Waals surface area contributed by atoms with E-state index in [0.29, 0.717) is 25.6 Å². The summed E-state index contributed by atoms with van der Waals surface area (Å²) >= 11 is 0. The van der Waals surface area contributed by atoms with Gasteiger partial charge in [-0.25, -0.2) is 4.98 Å². The molecule has 0 saturated carbocycles. The van der Waals surface area contributed by atoms with Crippen LogP contribution in [0, 0.1) is 0 Å². The first kappa shape index (κ1) is 14.3. The quantitative estimate of drug-likeness (QED) is 0.579. The highest BCUT2D eigenvalue weighted by Crippen LogP contribution is 2.26. The van der Waals surface area contributed by atoms with Crippen molar-refractivity contribution in [3.05, 3.63) is 23.4 Å². The van der Waals surface area contributed by atoms with Gasteiger partial charge in [-0.1, -0.05) is 0 Å². The predicted octanol–water partition coefficient (Wildman–Crippen LogP) is -0.0636. The molecule has 1 aliphatic rings. The number of hydrogen-bond acceptors (Lipinski definition) is 6. The number of hydrogen-bond donors (Lipinski definition) is 1. The highest BCUT2D eigenvalue weighted by Gasteiger charge is 2.41. The highest BCUT2D eigenvalue weighted by atomic mass is 16.5. The fourth-order valence-electron chi connectivity index (χ4n) is 1.93. The number of pyridine rings is 1. The van der Waals surface area contributed by atoms with Gasteiger partial charge in [-0.05, 0) is 19.1 Å². The van der Waals surface area contributed by atoms with Gasteiger partial charge in [0.2, 0.25) is 5.88 Å². The number of esters is 1. The number of nitrogens with two attached hydrogens (primary N) is 1. The Bertz CT molecular complexity index is 532. The summed E-state index contributed by atoms with van der Waals surface area (Å²) in [6.07, 6.45) is 0. The lowest BCUT2D eigenvalue weighted by Crippen LogP contribution is -2.17. The summed E-state index contributed by atoms with van der Waals surface area (Å²) < 4.78 is 10.1. The Hall–Kier alpha value is -2.15. The molecule has 2 unspecified atom stereocenters. The molecule has 2 heterocycles. The number of carbonyl (C=O) groups excluding carboxylic acids is 2. The highest BCUT2D eigenvalue weighted by molar-refractivity contribution is 5.90. The van der Waals surface area contributed by atoms with E-state index in [1.807, 2.05) is 4.90 Å². The number of methoxy groups -OCH3 is 1. The number of ether oxygens (including phenoxy) is 2. The normalized spacial score (nSPS) is 20.3. The Morgan fingerprint density at radius 2 is 2.25 bits per heavy atom. The number of aromatic nitrogens is 1. The molecule has 1 aliphatic heterocycles. The molecular formula is C13H17N3O4. The number of primary amides is 1. The molecule has 0 radical (unpaired) electrons. The Morgan fingerprint density at radius 1 is 1.50 bits per heavy atom. The van der Waals surface area contributed by atoms with Crippen molar-refractivity contribution in [1.29, 1.82) is 0 Å². The van der Waals surface area contributed by atoms with Crippen LogP contribution in [-0.4, -0.2) is 48.1 Å². The Morgan fingerprint density at radius 3 is 2.85 bits per heavy atom. The third-order valence-corrected chi connectivity index (χ3v) is 3.03. The van der Waals surface area contributed by atoms with Crippen molar-refractivity contribution in [2.75, 3.05) is 20.3 Å².